The molecule has 126 valence electrons. The van der Waals surface area contributed by atoms with E-state index in [4.69, 9.17) is 4.74 Å². The monoisotopic (exact) mass is 329 g/mol. The number of hydrogen-bond acceptors (Lipinski definition) is 6. The maximum atomic E-state index is 12.9. The molecule has 0 bridgehead atoms. The SMILES string of the molecule is CN1CCN(C(=O)c2cn([C@@H]3COC[C@H]3O)nn2)c2ccccc21. The minimum absolute atomic E-state index is 0.185. The molecule has 0 radical (unpaired) electrons. The standard InChI is InChI=1S/C16H19N5O3/c1-19-6-7-20(13-5-3-2-4-12(13)19)16(23)11-8-21(18-17-11)14-9-24-10-15(14)22/h2-5,8,14-15,22H,6-7,9-10H2,1H3/t14-,15-/m1/s1. The molecular formula is C16H19N5O3. The third kappa shape index (κ3) is 2.44. The third-order valence-electron chi connectivity index (χ3n) is 4.58. The van der Waals surface area contributed by atoms with Crippen LogP contribution in [0.25, 0.3) is 0 Å². The van der Waals surface area contributed by atoms with Gasteiger partial charge in [-0.2, -0.15) is 0 Å². The van der Waals surface area contributed by atoms with E-state index in [-0.39, 0.29) is 24.2 Å². The van der Waals surface area contributed by atoms with E-state index in [0.29, 0.717) is 13.2 Å². The van der Waals surface area contributed by atoms with Crippen LogP contribution in [0.15, 0.2) is 30.5 Å². The number of para-hydroxylation sites is 2. The van der Waals surface area contributed by atoms with Crippen LogP contribution in [-0.4, -0.2) is 65.5 Å². The van der Waals surface area contributed by atoms with E-state index in [2.05, 4.69) is 15.2 Å². The number of carbonyl (C=O) groups is 1. The zero-order chi connectivity index (χ0) is 16.7. The summed E-state index contributed by atoms with van der Waals surface area (Å²) in [5, 5.41) is 17.9. The van der Waals surface area contributed by atoms with Gasteiger partial charge in [-0.3, -0.25) is 4.79 Å². The number of amides is 1. The summed E-state index contributed by atoms with van der Waals surface area (Å²) in [7, 11) is 2.01. The van der Waals surface area contributed by atoms with E-state index in [1.165, 1.54) is 4.68 Å². The number of aliphatic hydroxyl groups excluding tert-OH is 1. The first-order valence-corrected chi connectivity index (χ1v) is 7.95. The van der Waals surface area contributed by atoms with Crippen molar-refractivity contribution in [3.63, 3.8) is 0 Å². The second-order valence-electron chi connectivity index (χ2n) is 6.12. The number of rotatable bonds is 2. The predicted octanol–water partition coefficient (Wildman–Crippen LogP) is 0.307. The summed E-state index contributed by atoms with van der Waals surface area (Å²) in [6.07, 6.45) is 0.963. The van der Waals surface area contributed by atoms with Crippen molar-refractivity contribution >= 4 is 17.3 Å². The van der Waals surface area contributed by atoms with Gasteiger partial charge >= 0.3 is 0 Å². The van der Waals surface area contributed by atoms with Crippen molar-refractivity contribution in [3.05, 3.63) is 36.2 Å². The zero-order valence-corrected chi connectivity index (χ0v) is 13.4. The van der Waals surface area contributed by atoms with E-state index in [0.717, 1.165) is 17.9 Å². The molecule has 0 aliphatic carbocycles. The van der Waals surface area contributed by atoms with Gasteiger partial charge in [-0.05, 0) is 12.1 Å². The Morgan fingerprint density at radius 3 is 2.79 bits per heavy atom. The van der Waals surface area contributed by atoms with Gasteiger partial charge in [-0.25, -0.2) is 4.68 Å². The molecule has 1 amide bonds. The van der Waals surface area contributed by atoms with Gasteiger partial charge in [-0.15, -0.1) is 5.10 Å². The molecule has 0 saturated carbocycles. The first-order valence-electron chi connectivity index (χ1n) is 7.95. The van der Waals surface area contributed by atoms with E-state index in [1.54, 1.807) is 11.1 Å². The highest BCUT2D eigenvalue weighted by molar-refractivity contribution is 6.07. The lowest BCUT2D eigenvalue weighted by Gasteiger charge is -2.35. The van der Waals surface area contributed by atoms with Gasteiger partial charge < -0.3 is 19.6 Å². The number of aromatic nitrogens is 3. The Labute approximate surface area is 139 Å². The van der Waals surface area contributed by atoms with Crippen LogP contribution in [0.2, 0.25) is 0 Å². The van der Waals surface area contributed by atoms with Crippen molar-refractivity contribution in [2.24, 2.45) is 0 Å². The van der Waals surface area contributed by atoms with Gasteiger partial charge in [0.25, 0.3) is 5.91 Å². The Bertz CT molecular complexity index is 762. The molecule has 24 heavy (non-hydrogen) atoms. The highest BCUT2D eigenvalue weighted by atomic mass is 16.5. The minimum atomic E-state index is -0.626. The molecule has 1 fully saturated rings. The van der Waals surface area contributed by atoms with Crippen LogP contribution in [0, 0.1) is 0 Å². The van der Waals surface area contributed by atoms with Crippen molar-refractivity contribution < 1.29 is 14.6 Å². The highest BCUT2D eigenvalue weighted by Crippen LogP contribution is 2.32. The number of carbonyl (C=O) groups excluding carboxylic acids is 1. The van der Waals surface area contributed by atoms with Gasteiger partial charge in [0.2, 0.25) is 0 Å². The van der Waals surface area contributed by atoms with E-state index >= 15 is 0 Å². The second-order valence-corrected chi connectivity index (χ2v) is 6.12. The first-order chi connectivity index (χ1) is 11.6. The Kier molecular flexibility index (Phi) is 3.70. The topological polar surface area (TPSA) is 83.7 Å². The number of benzene rings is 1. The molecule has 3 heterocycles. The maximum Gasteiger partial charge on any atom is 0.280 e. The molecule has 1 aromatic heterocycles. The van der Waals surface area contributed by atoms with E-state index in [1.807, 2.05) is 31.3 Å². The molecule has 1 aromatic carbocycles. The Hall–Kier alpha value is -2.45. The van der Waals surface area contributed by atoms with Crippen LogP contribution < -0.4 is 9.80 Å². The number of ether oxygens (including phenoxy) is 1. The van der Waals surface area contributed by atoms with Crippen molar-refractivity contribution in [3.8, 4) is 0 Å². The molecule has 0 spiro atoms. The van der Waals surface area contributed by atoms with Crippen LogP contribution in [0.5, 0.6) is 0 Å². The number of fused-ring (bicyclic) bond motifs is 1. The summed E-state index contributed by atoms with van der Waals surface area (Å²) in [6, 6.07) is 7.51. The largest absolute Gasteiger partial charge is 0.388 e. The van der Waals surface area contributed by atoms with Gasteiger partial charge in [0.15, 0.2) is 5.69 Å². The average molecular weight is 329 g/mol. The summed E-state index contributed by atoms with van der Waals surface area (Å²) in [6.45, 7) is 2.00. The number of likely N-dealkylation sites (N-methyl/N-ethyl adjacent to an activating group) is 1. The lowest BCUT2D eigenvalue weighted by molar-refractivity contribution is 0.0981. The van der Waals surface area contributed by atoms with Crippen LogP contribution in [0.4, 0.5) is 11.4 Å². The number of anilines is 2. The van der Waals surface area contributed by atoms with Crippen LogP contribution in [-0.2, 0) is 4.74 Å². The molecule has 8 nitrogen and oxygen atoms in total. The van der Waals surface area contributed by atoms with Crippen molar-refractivity contribution in [1.29, 1.82) is 0 Å². The summed E-state index contributed by atoms with van der Waals surface area (Å²) in [4.78, 5) is 16.7. The van der Waals surface area contributed by atoms with Crippen LogP contribution >= 0.6 is 0 Å². The maximum absolute atomic E-state index is 12.9. The highest BCUT2D eigenvalue weighted by Gasteiger charge is 2.31. The molecule has 2 atom stereocenters. The number of nitrogens with zero attached hydrogens (tertiary/aromatic N) is 5. The molecule has 4 rings (SSSR count). The van der Waals surface area contributed by atoms with Gasteiger partial charge in [0.1, 0.15) is 12.1 Å². The fourth-order valence-electron chi connectivity index (χ4n) is 3.18. The first kappa shape index (κ1) is 15.1. The molecule has 2 aliphatic rings. The number of aliphatic hydroxyl groups is 1. The average Bonchev–Trinajstić information content (AvgIpc) is 3.23. The molecule has 2 aromatic rings. The smallest absolute Gasteiger partial charge is 0.280 e. The van der Waals surface area contributed by atoms with E-state index < -0.39 is 6.10 Å². The van der Waals surface area contributed by atoms with Gasteiger partial charge in [-0.1, -0.05) is 17.3 Å². The summed E-state index contributed by atoms with van der Waals surface area (Å²) < 4.78 is 6.75. The molecule has 1 N–H and O–H groups in total. The molecule has 8 heteroatoms. The minimum Gasteiger partial charge on any atom is -0.388 e. The van der Waals surface area contributed by atoms with Crippen LogP contribution in [0.1, 0.15) is 16.5 Å². The molecule has 2 aliphatic heterocycles. The van der Waals surface area contributed by atoms with E-state index in [9.17, 15) is 9.90 Å². The Balaban J connectivity index is 1.61. The van der Waals surface area contributed by atoms with Crippen LogP contribution in [0.3, 0.4) is 0 Å². The predicted molar refractivity (Wildman–Crippen MR) is 87.3 cm³/mol. The molecular weight excluding hydrogens is 310 g/mol. The quantitative estimate of drug-likeness (QED) is 0.853. The molecule has 0 unspecified atom stereocenters. The van der Waals surface area contributed by atoms with Crippen molar-refractivity contribution in [2.75, 3.05) is 43.2 Å². The normalized spacial score (nSPS) is 23.4. The lowest BCUT2D eigenvalue weighted by atomic mass is 10.1. The van der Waals surface area contributed by atoms with Gasteiger partial charge in [0, 0.05) is 20.1 Å². The summed E-state index contributed by atoms with van der Waals surface area (Å²) >= 11 is 0. The van der Waals surface area contributed by atoms with Crippen molar-refractivity contribution in [1.82, 2.24) is 15.0 Å². The second kappa shape index (κ2) is 5.88. The Morgan fingerprint density at radius 1 is 1.25 bits per heavy atom. The summed E-state index contributed by atoms with van der Waals surface area (Å²) in [5.74, 6) is -0.185. The Morgan fingerprint density at radius 2 is 2.04 bits per heavy atom. The lowest BCUT2D eigenvalue weighted by Crippen LogP contribution is -2.42. The molecule has 1 saturated heterocycles. The fraction of sp³-hybridized carbons (Fsp3) is 0.438. The zero-order valence-electron chi connectivity index (χ0n) is 13.4. The fourth-order valence-corrected chi connectivity index (χ4v) is 3.18. The third-order valence-corrected chi connectivity index (χ3v) is 4.58. The summed E-state index contributed by atoms with van der Waals surface area (Å²) in [5.41, 5.74) is 2.16. The van der Waals surface area contributed by atoms with Crippen molar-refractivity contribution in [2.45, 2.75) is 12.1 Å². The van der Waals surface area contributed by atoms with Gasteiger partial charge in [0.05, 0.1) is 30.8 Å². The number of hydrogen-bond donors (Lipinski definition) is 1.